The van der Waals surface area contributed by atoms with Crippen LogP contribution in [0.2, 0.25) is 0 Å². The number of para-hydroxylation sites is 1. The molecular formula is C27H23N5OS. The van der Waals surface area contributed by atoms with Gasteiger partial charge in [-0.15, -0.1) is 5.10 Å². The second-order valence-electron chi connectivity index (χ2n) is 8.01. The van der Waals surface area contributed by atoms with Crippen LogP contribution < -0.4 is 5.32 Å². The Morgan fingerprint density at radius 1 is 0.853 bits per heavy atom. The zero-order valence-electron chi connectivity index (χ0n) is 19.1. The summed E-state index contributed by atoms with van der Waals surface area (Å²) in [7, 11) is 0. The van der Waals surface area contributed by atoms with Crippen LogP contribution in [0.3, 0.4) is 0 Å². The van der Waals surface area contributed by atoms with Crippen LogP contribution in [-0.2, 0) is 0 Å². The Labute approximate surface area is 202 Å². The molecule has 6 nitrogen and oxygen atoms in total. The van der Waals surface area contributed by atoms with Crippen molar-refractivity contribution in [1.82, 2.24) is 19.6 Å². The van der Waals surface area contributed by atoms with Gasteiger partial charge >= 0.3 is 0 Å². The van der Waals surface area contributed by atoms with E-state index in [2.05, 4.69) is 15.3 Å². The third-order valence-corrected chi connectivity index (χ3v) is 6.93. The highest BCUT2D eigenvalue weighted by atomic mass is 32.2. The minimum absolute atomic E-state index is 0.133. The number of anilines is 1. The van der Waals surface area contributed by atoms with Crippen LogP contribution in [0.4, 0.5) is 5.69 Å². The van der Waals surface area contributed by atoms with Gasteiger partial charge in [-0.1, -0.05) is 72.4 Å². The van der Waals surface area contributed by atoms with E-state index < -0.39 is 0 Å². The number of amides is 1. The molecule has 0 fully saturated rings. The number of carbonyl (C=O) groups excluding carboxylic acids is 1. The molecule has 1 amide bonds. The fraction of sp³-hybridized carbons (Fsp3) is 0.111. The van der Waals surface area contributed by atoms with Crippen molar-refractivity contribution < 1.29 is 4.79 Å². The molecule has 168 valence electrons. The van der Waals surface area contributed by atoms with Gasteiger partial charge in [0.2, 0.25) is 0 Å². The van der Waals surface area contributed by atoms with E-state index in [1.807, 2.05) is 99.6 Å². The number of nitrogens with one attached hydrogen (secondary N) is 1. The van der Waals surface area contributed by atoms with Crippen LogP contribution >= 0.6 is 11.8 Å². The molecular weight excluding hydrogens is 442 g/mol. The summed E-state index contributed by atoms with van der Waals surface area (Å²) in [6, 6.07) is 25.2. The Kier molecular flexibility index (Phi) is 5.86. The molecule has 5 aromatic rings. The number of fused-ring (bicyclic) bond motifs is 1. The number of hydrogen-bond acceptors (Lipinski definition) is 5. The molecule has 0 spiro atoms. The first kappa shape index (κ1) is 21.9. The second-order valence-corrected chi connectivity index (χ2v) is 9.04. The van der Waals surface area contributed by atoms with Crippen molar-refractivity contribution in [3.63, 3.8) is 0 Å². The van der Waals surface area contributed by atoms with E-state index in [1.165, 1.54) is 0 Å². The average Bonchev–Trinajstić information content (AvgIpc) is 3.27. The van der Waals surface area contributed by atoms with E-state index in [9.17, 15) is 4.79 Å². The standard InChI is InChI=1S/C27H23N5OS/c1-17-11-7-8-14-21(17)25(33)29-22-15-9-10-16-23(22)34-26-18(2)19(3)28-27-30-24(31-32(26)27)20-12-5-4-6-13-20/h4-16H,1-3H3,(H,29,33). The van der Waals surface area contributed by atoms with Gasteiger partial charge in [-0.25, -0.2) is 4.98 Å². The summed E-state index contributed by atoms with van der Waals surface area (Å²) in [6.45, 7) is 5.94. The maximum Gasteiger partial charge on any atom is 0.255 e. The van der Waals surface area contributed by atoms with Crippen molar-refractivity contribution in [2.24, 2.45) is 0 Å². The molecule has 0 unspecified atom stereocenters. The van der Waals surface area contributed by atoms with E-state index in [-0.39, 0.29) is 5.91 Å². The predicted molar refractivity (Wildman–Crippen MR) is 135 cm³/mol. The summed E-state index contributed by atoms with van der Waals surface area (Å²) in [4.78, 5) is 23.2. The van der Waals surface area contributed by atoms with Crippen molar-refractivity contribution in [3.05, 3.63) is 101 Å². The van der Waals surface area contributed by atoms with Gasteiger partial charge in [0.25, 0.3) is 11.7 Å². The number of nitrogens with zero attached hydrogens (tertiary/aromatic N) is 4. The number of hydrogen-bond donors (Lipinski definition) is 1. The summed E-state index contributed by atoms with van der Waals surface area (Å²) in [5.41, 5.74) is 5.18. The van der Waals surface area contributed by atoms with Gasteiger partial charge < -0.3 is 5.32 Å². The highest BCUT2D eigenvalue weighted by Crippen LogP contribution is 2.36. The molecule has 2 aromatic heterocycles. The normalized spacial score (nSPS) is 11.0. The van der Waals surface area contributed by atoms with Crippen molar-refractivity contribution in [3.8, 4) is 11.4 Å². The average molecular weight is 466 g/mol. The minimum Gasteiger partial charge on any atom is -0.321 e. The van der Waals surface area contributed by atoms with Crippen LogP contribution in [0.15, 0.2) is 88.8 Å². The molecule has 2 heterocycles. The molecule has 0 bridgehead atoms. The monoisotopic (exact) mass is 465 g/mol. The van der Waals surface area contributed by atoms with Gasteiger partial charge in [-0.3, -0.25) is 4.79 Å². The highest BCUT2D eigenvalue weighted by Gasteiger charge is 2.18. The number of carbonyl (C=O) groups is 1. The molecule has 5 rings (SSSR count). The first-order valence-corrected chi connectivity index (χ1v) is 11.8. The lowest BCUT2D eigenvalue weighted by molar-refractivity contribution is 0.102. The van der Waals surface area contributed by atoms with Gasteiger partial charge in [0, 0.05) is 27.3 Å². The topological polar surface area (TPSA) is 72.2 Å². The van der Waals surface area contributed by atoms with Crippen molar-refractivity contribution in [2.75, 3.05) is 5.32 Å². The van der Waals surface area contributed by atoms with Crippen molar-refractivity contribution in [2.45, 2.75) is 30.7 Å². The molecule has 3 aromatic carbocycles. The van der Waals surface area contributed by atoms with Crippen LogP contribution in [0, 0.1) is 20.8 Å². The van der Waals surface area contributed by atoms with E-state index in [1.54, 1.807) is 16.3 Å². The summed E-state index contributed by atoms with van der Waals surface area (Å²) in [6.07, 6.45) is 0. The lowest BCUT2D eigenvalue weighted by atomic mass is 10.1. The van der Waals surface area contributed by atoms with Gasteiger partial charge in [-0.05, 0) is 44.5 Å². The summed E-state index contributed by atoms with van der Waals surface area (Å²) in [5.74, 6) is 1.04. The molecule has 0 aliphatic heterocycles. The summed E-state index contributed by atoms with van der Waals surface area (Å²) < 4.78 is 1.79. The number of rotatable bonds is 5. The molecule has 1 N–H and O–H groups in total. The zero-order chi connectivity index (χ0) is 23.7. The third kappa shape index (κ3) is 4.18. The fourth-order valence-corrected chi connectivity index (χ4v) is 4.76. The van der Waals surface area contributed by atoms with Crippen LogP contribution in [0.5, 0.6) is 0 Å². The van der Waals surface area contributed by atoms with Gasteiger partial charge in [-0.2, -0.15) is 9.50 Å². The van der Waals surface area contributed by atoms with E-state index in [0.29, 0.717) is 17.2 Å². The first-order chi connectivity index (χ1) is 16.5. The summed E-state index contributed by atoms with van der Waals surface area (Å²) >= 11 is 1.54. The highest BCUT2D eigenvalue weighted by molar-refractivity contribution is 7.99. The minimum atomic E-state index is -0.133. The zero-order valence-corrected chi connectivity index (χ0v) is 19.9. The van der Waals surface area contributed by atoms with E-state index in [4.69, 9.17) is 5.10 Å². The molecule has 0 atom stereocenters. The Balaban J connectivity index is 1.54. The smallest absolute Gasteiger partial charge is 0.255 e. The van der Waals surface area contributed by atoms with Crippen LogP contribution in [0.1, 0.15) is 27.2 Å². The maximum atomic E-state index is 13.0. The molecule has 7 heteroatoms. The van der Waals surface area contributed by atoms with Crippen molar-refractivity contribution >= 4 is 29.1 Å². The molecule has 0 aliphatic carbocycles. The number of benzene rings is 3. The fourth-order valence-electron chi connectivity index (χ4n) is 3.67. The quantitative estimate of drug-likeness (QED) is 0.317. The second kappa shape index (κ2) is 9.11. The van der Waals surface area contributed by atoms with E-state index >= 15 is 0 Å². The van der Waals surface area contributed by atoms with Crippen molar-refractivity contribution in [1.29, 1.82) is 0 Å². The first-order valence-electron chi connectivity index (χ1n) is 10.9. The van der Waals surface area contributed by atoms with Gasteiger partial charge in [0.1, 0.15) is 5.03 Å². The number of aryl methyl sites for hydroxylation is 2. The lowest BCUT2D eigenvalue weighted by Crippen LogP contribution is -2.14. The van der Waals surface area contributed by atoms with Gasteiger partial charge in [0.05, 0.1) is 5.69 Å². The molecule has 0 aliphatic rings. The third-order valence-electron chi connectivity index (χ3n) is 5.68. The molecule has 0 saturated heterocycles. The van der Waals surface area contributed by atoms with Gasteiger partial charge in [0.15, 0.2) is 5.82 Å². The molecule has 0 radical (unpaired) electrons. The summed E-state index contributed by atoms with van der Waals surface area (Å²) in [5, 5.41) is 8.76. The van der Waals surface area contributed by atoms with E-state index in [0.717, 1.165) is 38.0 Å². The maximum absolute atomic E-state index is 13.0. The Morgan fingerprint density at radius 2 is 1.56 bits per heavy atom. The molecule has 34 heavy (non-hydrogen) atoms. The van der Waals surface area contributed by atoms with Crippen LogP contribution in [-0.4, -0.2) is 25.5 Å². The Bertz CT molecular complexity index is 1510. The molecule has 0 saturated carbocycles. The Hall–Kier alpha value is -3.97. The predicted octanol–water partition coefficient (Wildman–Crippen LogP) is 6.12. The number of aromatic nitrogens is 4. The lowest BCUT2D eigenvalue weighted by Gasteiger charge is -2.14. The SMILES string of the molecule is Cc1ccccc1C(=O)Nc1ccccc1Sc1c(C)c(C)nc2nc(-c3ccccc3)nn12. The van der Waals surface area contributed by atoms with Crippen LogP contribution in [0.25, 0.3) is 17.2 Å². The Morgan fingerprint density at radius 3 is 2.35 bits per heavy atom. The largest absolute Gasteiger partial charge is 0.321 e.